The molecule has 3 aromatic rings. The zero-order valence-electron chi connectivity index (χ0n) is 16.8. The highest BCUT2D eigenvalue weighted by molar-refractivity contribution is 5.95. The summed E-state index contributed by atoms with van der Waals surface area (Å²) in [5.74, 6) is -0.805. The van der Waals surface area contributed by atoms with Gasteiger partial charge in [0.25, 0.3) is 0 Å². The van der Waals surface area contributed by atoms with Crippen molar-refractivity contribution in [1.82, 2.24) is 14.8 Å². The van der Waals surface area contributed by atoms with Crippen molar-refractivity contribution in [3.63, 3.8) is 0 Å². The highest BCUT2D eigenvalue weighted by Crippen LogP contribution is 2.37. The number of piperazine rings is 1. The number of aromatic nitrogens is 1. The molecule has 0 amide bonds. The normalized spacial score (nSPS) is 16.7. The maximum Gasteiger partial charge on any atom is 0.325 e. The van der Waals surface area contributed by atoms with Gasteiger partial charge in [-0.3, -0.25) is 14.6 Å². The highest BCUT2D eigenvalue weighted by Gasteiger charge is 2.34. The molecule has 0 unspecified atom stereocenters. The minimum Gasteiger partial charge on any atom is -0.480 e. The lowest BCUT2D eigenvalue weighted by Crippen LogP contribution is -2.49. The van der Waals surface area contributed by atoms with Crippen LogP contribution in [0.15, 0.2) is 66.7 Å². The Kier molecular flexibility index (Phi) is 5.51. The second-order valence-electron chi connectivity index (χ2n) is 7.84. The molecule has 1 aromatic heterocycles. The second kappa shape index (κ2) is 8.23. The van der Waals surface area contributed by atoms with Crippen molar-refractivity contribution < 1.29 is 9.90 Å². The van der Waals surface area contributed by atoms with Crippen LogP contribution in [0.2, 0.25) is 0 Å². The molecule has 1 aliphatic rings. The van der Waals surface area contributed by atoms with Gasteiger partial charge in [-0.05, 0) is 18.6 Å². The van der Waals surface area contributed by atoms with Crippen molar-refractivity contribution >= 4 is 16.9 Å². The standard InChI is InChI=1S/C24H27N3O2/c1-17(2)16-26-12-14-27(15-13-26)23(24(28)29)21-19-10-6-7-11-20(19)25-22(21)18-8-4-3-5-9-18/h3-11,23,25H,1,12-16H2,2H3,(H,28,29)/t23-/m1/s1. The minimum absolute atomic E-state index is 0.687. The minimum atomic E-state index is -0.805. The maximum atomic E-state index is 12.5. The Labute approximate surface area is 171 Å². The summed E-state index contributed by atoms with van der Waals surface area (Å²) in [7, 11) is 0. The fraction of sp³-hybridized carbons (Fsp3) is 0.292. The van der Waals surface area contributed by atoms with Crippen molar-refractivity contribution in [3.05, 3.63) is 72.3 Å². The van der Waals surface area contributed by atoms with Gasteiger partial charge >= 0.3 is 5.97 Å². The largest absolute Gasteiger partial charge is 0.480 e. The van der Waals surface area contributed by atoms with E-state index in [0.717, 1.165) is 66.0 Å². The Morgan fingerprint density at radius 2 is 1.72 bits per heavy atom. The molecule has 1 fully saturated rings. The molecule has 0 radical (unpaired) electrons. The number of H-pyrrole nitrogens is 1. The highest BCUT2D eigenvalue weighted by atomic mass is 16.4. The van der Waals surface area contributed by atoms with E-state index >= 15 is 0 Å². The molecule has 0 saturated carbocycles. The summed E-state index contributed by atoms with van der Waals surface area (Å²) in [5, 5.41) is 11.2. The van der Waals surface area contributed by atoms with Gasteiger partial charge in [0, 0.05) is 49.2 Å². The molecule has 0 bridgehead atoms. The number of hydrogen-bond acceptors (Lipinski definition) is 3. The summed E-state index contributed by atoms with van der Waals surface area (Å²) in [4.78, 5) is 20.4. The number of fused-ring (bicyclic) bond motifs is 1. The van der Waals surface area contributed by atoms with Crippen LogP contribution in [-0.4, -0.2) is 58.6 Å². The number of para-hydroxylation sites is 1. The third-order valence-corrected chi connectivity index (χ3v) is 5.58. The number of aliphatic carboxylic acids is 1. The Balaban J connectivity index is 1.75. The second-order valence-corrected chi connectivity index (χ2v) is 7.84. The van der Waals surface area contributed by atoms with Gasteiger partial charge in [0.2, 0.25) is 0 Å². The van der Waals surface area contributed by atoms with Crippen LogP contribution >= 0.6 is 0 Å². The van der Waals surface area contributed by atoms with Crippen LogP contribution < -0.4 is 0 Å². The summed E-state index contributed by atoms with van der Waals surface area (Å²) >= 11 is 0. The summed E-state index contributed by atoms with van der Waals surface area (Å²) in [6.45, 7) is 10.0. The van der Waals surface area contributed by atoms with Crippen molar-refractivity contribution in [1.29, 1.82) is 0 Å². The smallest absolute Gasteiger partial charge is 0.325 e. The summed E-state index contributed by atoms with van der Waals surface area (Å²) in [6.07, 6.45) is 0. The van der Waals surface area contributed by atoms with E-state index in [1.165, 1.54) is 0 Å². The van der Waals surface area contributed by atoms with Crippen molar-refractivity contribution in [2.75, 3.05) is 32.7 Å². The van der Waals surface area contributed by atoms with Crippen LogP contribution in [0.4, 0.5) is 0 Å². The lowest BCUT2D eigenvalue weighted by molar-refractivity contribution is -0.144. The Morgan fingerprint density at radius 3 is 2.38 bits per heavy atom. The molecule has 2 N–H and O–H groups in total. The number of hydrogen-bond donors (Lipinski definition) is 2. The summed E-state index contributed by atoms with van der Waals surface area (Å²) < 4.78 is 0. The van der Waals surface area contributed by atoms with E-state index in [1.54, 1.807) is 0 Å². The monoisotopic (exact) mass is 389 g/mol. The predicted octanol–water partition coefficient (Wildman–Crippen LogP) is 4.15. The molecule has 0 aliphatic carbocycles. The van der Waals surface area contributed by atoms with E-state index in [9.17, 15) is 9.90 Å². The van der Waals surface area contributed by atoms with Crippen LogP contribution in [0.3, 0.4) is 0 Å². The van der Waals surface area contributed by atoms with Crippen LogP contribution in [0.25, 0.3) is 22.2 Å². The number of carboxylic acids is 1. The molecule has 4 rings (SSSR count). The molecule has 2 aromatic carbocycles. The maximum absolute atomic E-state index is 12.5. The molecule has 1 aliphatic heterocycles. The predicted molar refractivity (Wildman–Crippen MR) is 117 cm³/mol. The van der Waals surface area contributed by atoms with Gasteiger partial charge in [-0.1, -0.05) is 60.7 Å². The van der Waals surface area contributed by atoms with Gasteiger partial charge in [0.15, 0.2) is 0 Å². The topological polar surface area (TPSA) is 59.6 Å². The number of carboxylic acid groups (broad SMARTS) is 1. The van der Waals surface area contributed by atoms with E-state index < -0.39 is 12.0 Å². The number of benzene rings is 2. The van der Waals surface area contributed by atoms with E-state index in [0.29, 0.717) is 0 Å². The van der Waals surface area contributed by atoms with Gasteiger partial charge in [0.05, 0.1) is 5.69 Å². The third kappa shape index (κ3) is 3.97. The molecule has 150 valence electrons. The first-order valence-electron chi connectivity index (χ1n) is 10.0. The van der Waals surface area contributed by atoms with E-state index in [-0.39, 0.29) is 0 Å². The molecule has 29 heavy (non-hydrogen) atoms. The zero-order chi connectivity index (χ0) is 20.4. The van der Waals surface area contributed by atoms with Gasteiger partial charge in [-0.2, -0.15) is 0 Å². The molecule has 5 nitrogen and oxygen atoms in total. The number of carbonyl (C=O) groups is 1. The Bertz CT molecular complexity index is 1020. The SMILES string of the molecule is C=C(C)CN1CCN([C@@H](C(=O)O)c2c(-c3ccccc3)[nH]c3ccccc23)CC1. The number of nitrogens with one attached hydrogen (secondary N) is 1. The molecular weight excluding hydrogens is 362 g/mol. The first-order valence-corrected chi connectivity index (χ1v) is 10.0. The summed E-state index contributed by atoms with van der Waals surface area (Å²) in [6, 6.07) is 17.3. The fourth-order valence-corrected chi connectivity index (χ4v) is 4.30. The Hall–Kier alpha value is -2.89. The lowest BCUT2D eigenvalue weighted by atomic mass is 9.97. The fourth-order valence-electron chi connectivity index (χ4n) is 4.30. The molecule has 2 heterocycles. The van der Waals surface area contributed by atoms with Crippen LogP contribution in [0.1, 0.15) is 18.5 Å². The van der Waals surface area contributed by atoms with Gasteiger partial charge in [-0.15, -0.1) is 0 Å². The van der Waals surface area contributed by atoms with Gasteiger partial charge < -0.3 is 10.1 Å². The van der Waals surface area contributed by atoms with E-state index in [2.05, 4.69) is 21.4 Å². The number of nitrogens with zero attached hydrogens (tertiary/aromatic N) is 2. The quantitative estimate of drug-likeness (QED) is 0.622. The third-order valence-electron chi connectivity index (χ3n) is 5.58. The number of aromatic amines is 1. The van der Waals surface area contributed by atoms with Crippen LogP contribution in [-0.2, 0) is 4.79 Å². The average Bonchev–Trinajstić information content (AvgIpc) is 3.09. The number of rotatable bonds is 6. The van der Waals surface area contributed by atoms with Crippen LogP contribution in [0.5, 0.6) is 0 Å². The first kappa shape index (κ1) is 19.4. The van der Waals surface area contributed by atoms with Crippen LogP contribution in [0, 0.1) is 0 Å². The molecule has 1 atom stereocenters. The average molecular weight is 389 g/mol. The first-order chi connectivity index (χ1) is 14.0. The van der Waals surface area contributed by atoms with E-state index in [4.69, 9.17) is 0 Å². The van der Waals surface area contributed by atoms with Crippen molar-refractivity contribution in [2.24, 2.45) is 0 Å². The molecule has 0 spiro atoms. The van der Waals surface area contributed by atoms with Crippen molar-refractivity contribution in [3.8, 4) is 11.3 Å². The molecular formula is C24H27N3O2. The summed E-state index contributed by atoms with van der Waals surface area (Å²) in [5.41, 5.74) is 4.85. The Morgan fingerprint density at radius 1 is 1.07 bits per heavy atom. The van der Waals surface area contributed by atoms with Gasteiger partial charge in [-0.25, -0.2) is 0 Å². The lowest BCUT2D eigenvalue weighted by Gasteiger charge is -2.38. The van der Waals surface area contributed by atoms with Crippen molar-refractivity contribution in [2.45, 2.75) is 13.0 Å². The van der Waals surface area contributed by atoms with Gasteiger partial charge in [0.1, 0.15) is 6.04 Å². The molecule has 1 saturated heterocycles. The van der Waals surface area contributed by atoms with E-state index in [1.807, 2.05) is 61.5 Å². The molecule has 5 heteroatoms. The zero-order valence-corrected chi connectivity index (χ0v) is 16.8.